The lowest BCUT2D eigenvalue weighted by molar-refractivity contribution is -0.115. The van der Waals surface area contributed by atoms with Gasteiger partial charge in [0, 0.05) is 11.4 Å². The number of hydrogen-bond donors (Lipinski definition) is 3. The maximum atomic E-state index is 12.8. The van der Waals surface area contributed by atoms with Gasteiger partial charge in [0.2, 0.25) is 5.91 Å². The smallest absolute Gasteiger partial charge is 0.315 e. The molecule has 0 saturated carbocycles. The monoisotopic (exact) mass is 347 g/mol. The summed E-state index contributed by atoms with van der Waals surface area (Å²) in [6, 6.07) is 12.8. The Balaban J connectivity index is 1.74. The molecular weight excluding hydrogens is 329 g/mol. The van der Waals surface area contributed by atoms with Crippen LogP contribution in [0.2, 0.25) is 0 Å². The molecule has 5 nitrogen and oxygen atoms in total. The summed E-state index contributed by atoms with van der Waals surface area (Å²) >= 11 is 1.53. The molecule has 126 valence electrons. The average Bonchev–Trinajstić information content (AvgIpc) is 2.60. The van der Waals surface area contributed by atoms with Crippen LogP contribution < -0.4 is 16.0 Å². The number of nitrogens with one attached hydrogen (secondary N) is 3. The van der Waals surface area contributed by atoms with Crippen molar-refractivity contribution in [3.05, 3.63) is 59.9 Å². The highest BCUT2D eigenvalue weighted by atomic mass is 32.2. The molecule has 7 heteroatoms. The van der Waals surface area contributed by atoms with Gasteiger partial charge < -0.3 is 16.0 Å². The molecule has 0 fully saturated rings. The summed E-state index contributed by atoms with van der Waals surface area (Å²) in [7, 11) is 0. The predicted molar refractivity (Wildman–Crippen MR) is 93.5 cm³/mol. The van der Waals surface area contributed by atoms with Crippen molar-refractivity contribution in [2.24, 2.45) is 0 Å². The van der Waals surface area contributed by atoms with Crippen molar-refractivity contribution in [1.29, 1.82) is 0 Å². The number of amides is 3. The molecule has 24 heavy (non-hydrogen) atoms. The Morgan fingerprint density at radius 1 is 1.04 bits per heavy atom. The normalized spacial score (nSPS) is 10.1. The number of urea groups is 1. The van der Waals surface area contributed by atoms with Gasteiger partial charge in [0.15, 0.2) is 0 Å². The van der Waals surface area contributed by atoms with E-state index in [2.05, 4.69) is 16.0 Å². The van der Waals surface area contributed by atoms with Gasteiger partial charge in [-0.1, -0.05) is 24.3 Å². The molecule has 0 unspecified atom stereocenters. The van der Waals surface area contributed by atoms with Gasteiger partial charge in [-0.05, 0) is 36.1 Å². The standard InChI is InChI=1S/C17H18FN3O2S/c1-24-15-5-3-2-4-14(15)21-16(22)11-20-17(23)19-10-12-6-8-13(18)9-7-12/h2-9H,10-11H2,1H3,(H,21,22)(H2,19,20,23). The molecule has 0 heterocycles. The Morgan fingerprint density at radius 3 is 2.46 bits per heavy atom. The van der Waals surface area contributed by atoms with Gasteiger partial charge in [0.25, 0.3) is 0 Å². The molecule has 0 bridgehead atoms. The van der Waals surface area contributed by atoms with Gasteiger partial charge in [-0.2, -0.15) is 0 Å². The van der Waals surface area contributed by atoms with Crippen LogP contribution in [0.25, 0.3) is 0 Å². The second kappa shape index (κ2) is 8.93. The molecule has 3 N–H and O–H groups in total. The minimum atomic E-state index is -0.465. The van der Waals surface area contributed by atoms with E-state index in [9.17, 15) is 14.0 Å². The first kappa shape index (κ1) is 17.8. The zero-order valence-corrected chi connectivity index (χ0v) is 14.0. The van der Waals surface area contributed by atoms with E-state index < -0.39 is 6.03 Å². The molecule has 0 atom stereocenters. The zero-order valence-electron chi connectivity index (χ0n) is 13.1. The number of anilines is 1. The van der Waals surface area contributed by atoms with Gasteiger partial charge in [-0.15, -0.1) is 11.8 Å². The summed E-state index contributed by atoms with van der Waals surface area (Å²) in [5, 5.41) is 7.84. The number of halogens is 1. The molecule has 0 radical (unpaired) electrons. The highest BCUT2D eigenvalue weighted by Crippen LogP contribution is 2.24. The summed E-state index contributed by atoms with van der Waals surface area (Å²) < 4.78 is 12.8. The zero-order chi connectivity index (χ0) is 17.4. The molecule has 3 amide bonds. The van der Waals surface area contributed by atoms with Gasteiger partial charge in [0.05, 0.1) is 12.2 Å². The number of rotatable bonds is 6. The first-order valence-electron chi connectivity index (χ1n) is 7.27. The molecular formula is C17H18FN3O2S. The number of carbonyl (C=O) groups excluding carboxylic acids is 2. The Kier molecular flexibility index (Phi) is 6.62. The predicted octanol–water partition coefficient (Wildman–Crippen LogP) is 2.99. The Morgan fingerprint density at radius 2 is 1.75 bits per heavy atom. The lowest BCUT2D eigenvalue weighted by Crippen LogP contribution is -2.39. The van der Waals surface area contributed by atoms with Gasteiger partial charge in [-0.25, -0.2) is 9.18 Å². The number of thioether (sulfide) groups is 1. The van der Waals surface area contributed by atoms with E-state index in [0.29, 0.717) is 5.69 Å². The van der Waals surface area contributed by atoms with Crippen LogP contribution in [0.5, 0.6) is 0 Å². The van der Waals surface area contributed by atoms with Crippen LogP contribution in [0, 0.1) is 5.82 Å². The van der Waals surface area contributed by atoms with Crippen molar-refractivity contribution in [3.63, 3.8) is 0 Å². The molecule has 0 aromatic heterocycles. The second-order valence-electron chi connectivity index (χ2n) is 4.91. The molecule has 0 aliphatic rings. The maximum Gasteiger partial charge on any atom is 0.315 e. The topological polar surface area (TPSA) is 70.2 Å². The van der Waals surface area contributed by atoms with Crippen LogP contribution in [0.4, 0.5) is 14.9 Å². The van der Waals surface area contributed by atoms with Gasteiger partial charge in [-0.3, -0.25) is 4.79 Å². The highest BCUT2D eigenvalue weighted by molar-refractivity contribution is 7.98. The van der Waals surface area contributed by atoms with E-state index in [1.165, 1.54) is 23.9 Å². The Hall–Kier alpha value is -2.54. The second-order valence-corrected chi connectivity index (χ2v) is 5.76. The van der Waals surface area contributed by atoms with Crippen molar-refractivity contribution < 1.29 is 14.0 Å². The molecule has 2 rings (SSSR count). The minimum Gasteiger partial charge on any atom is -0.334 e. The SMILES string of the molecule is CSc1ccccc1NC(=O)CNC(=O)NCc1ccc(F)cc1. The van der Waals surface area contributed by atoms with E-state index >= 15 is 0 Å². The summed E-state index contributed by atoms with van der Waals surface area (Å²) in [6.07, 6.45) is 1.92. The summed E-state index contributed by atoms with van der Waals surface area (Å²) in [5.41, 5.74) is 1.48. The molecule has 0 aliphatic heterocycles. The van der Waals surface area contributed by atoms with Crippen LogP contribution in [0.3, 0.4) is 0 Å². The van der Waals surface area contributed by atoms with Crippen LogP contribution in [-0.4, -0.2) is 24.7 Å². The quantitative estimate of drug-likeness (QED) is 0.704. The average molecular weight is 347 g/mol. The summed E-state index contributed by atoms with van der Waals surface area (Å²) in [6.45, 7) is 0.112. The lowest BCUT2D eigenvalue weighted by Gasteiger charge is -2.10. The third-order valence-corrected chi connectivity index (χ3v) is 3.95. The first-order valence-corrected chi connectivity index (χ1v) is 8.50. The fourth-order valence-electron chi connectivity index (χ4n) is 1.95. The van der Waals surface area contributed by atoms with Crippen molar-refractivity contribution in [1.82, 2.24) is 10.6 Å². The minimum absolute atomic E-state index is 0.141. The van der Waals surface area contributed by atoms with Gasteiger partial charge >= 0.3 is 6.03 Å². The fourth-order valence-corrected chi connectivity index (χ4v) is 2.50. The molecule has 2 aromatic carbocycles. The number of para-hydroxylation sites is 1. The van der Waals surface area contributed by atoms with E-state index in [4.69, 9.17) is 0 Å². The van der Waals surface area contributed by atoms with E-state index in [-0.39, 0.29) is 24.8 Å². The molecule has 0 saturated heterocycles. The summed E-state index contributed by atoms with van der Waals surface area (Å²) in [4.78, 5) is 24.5. The van der Waals surface area contributed by atoms with Crippen molar-refractivity contribution in [2.75, 3.05) is 18.1 Å². The maximum absolute atomic E-state index is 12.8. The van der Waals surface area contributed by atoms with Crippen molar-refractivity contribution in [3.8, 4) is 0 Å². The lowest BCUT2D eigenvalue weighted by atomic mass is 10.2. The molecule has 0 spiro atoms. The molecule has 0 aliphatic carbocycles. The van der Waals surface area contributed by atoms with E-state index in [0.717, 1.165) is 10.5 Å². The largest absolute Gasteiger partial charge is 0.334 e. The van der Waals surface area contributed by atoms with E-state index in [1.54, 1.807) is 18.2 Å². The van der Waals surface area contributed by atoms with Gasteiger partial charge in [0.1, 0.15) is 5.82 Å². The fraction of sp³-hybridized carbons (Fsp3) is 0.176. The Labute approximate surface area is 144 Å². The highest BCUT2D eigenvalue weighted by Gasteiger charge is 2.08. The summed E-state index contributed by atoms with van der Waals surface area (Å²) in [5.74, 6) is -0.640. The van der Waals surface area contributed by atoms with Crippen LogP contribution in [0.1, 0.15) is 5.56 Å². The third kappa shape index (κ3) is 5.58. The van der Waals surface area contributed by atoms with Crippen LogP contribution >= 0.6 is 11.8 Å². The third-order valence-electron chi connectivity index (χ3n) is 3.16. The molecule has 2 aromatic rings. The first-order chi connectivity index (χ1) is 11.6. The van der Waals surface area contributed by atoms with Crippen LogP contribution in [-0.2, 0) is 11.3 Å². The number of hydrogen-bond acceptors (Lipinski definition) is 3. The van der Waals surface area contributed by atoms with Crippen molar-refractivity contribution in [2.45, 2.75) is 11.4 Å². The van der Waals surface area contributed by atoms with Crippen LogP contribution in [0.15, 0.2) is 53.4 Å². The number of carbonyl (C=O) groups is 2. The van der Waals surface area contributed by atoms with Crippen molar-refractivity contribution >= 4 is 29.4 Å². The van der Waals surface area contributed by atoms with E-state index in [1.807, 2.05) is 24.5 Å². The Bertz CT molecular complexity index is 707. The number of benzene rings is 2.